The van der Waals surface area contributed by atoms with Gasteiger partial charge in [-0.05, 0) is 55.2 Å². The number of hydrogen-bond donors (Lipinski definition) is 2. The number of unbranched alkanes of at least 4 members (excludes halogenated alkanes) is 1. The normalized spacial score (nSPS) is 10.6. The first-order valence-electron chi connectivity index (χ1n) is 8.92. The molecule has 2 aromatic carbocycles. The highest BCUT2D eigenvalue weighted by Crippen LogP contribution is 2.13. The van der Waals surface area contributed by atoms with E-state index >= 15 is 0 Å². The molecule has 0 atom stereocenters. The number of ether oxygens (including phenoxy) is 1. The van der Waals surface area contributed by atoms with Gasteiger partial charge < -0.3 is 15.4 Å². The molecule has 150 valence electrons. The molecule has 0 heterocycles. The fourth-order valence-corrected chi connectivity index (χ4v) is 2.63. The monoisotopic (exact) mass is 496 g/mol. The van der Waals surface area contributed by atoms with E-state index in [1.807, 2.05) is 18.2 Å². The van der Waals surface area contributed by atoms with Gasteiger partial charge in [-0.1, -0.05) is 12.1 Å². The average molecular weight is 496 g/mol. The number of benzene rings is 2. The zero-order valence-electron chi connectivity index (χ0n) is 16.2. The summed E-state index contributed by atoms with van der Waals surface area (Å²) in [4.78, 5) is 4.14. The number of aryl methyl sites for hydroxylation is 1. The maximum Gasteiger partial charge on any atom is 0.191 e. The van der Waals surface area contributed by atoms with Crippen LogP contribution in [-0.2, 0) is 13.0 Å². The Kier molecular flexibility index (Phi) is 11.0. The number of halogens is 2. The summed E-state index contributed by atoms with van der Waals surface area (Å²) < 4.78 is 19.0. The van der Waals surface area contributed by atoms with E-state index in [1.165, 1.54) is 17.7 Å². The highest BCUT2D eigenvalue weighted by Gasteiger charge is 2.05. The number of guanidine groups is 1. The van der Waals surface area contributed by atoms with Gasteiger partial charge in [-0.25, -0.2) is 4.39 Å². The van der Waals surface area contributed by atoms with Crippen LogP contribution >= 0.6 is 24.0 Å². The number of nitrogens with zero attached hydrogens (tertiary/aromatic N) is 2. The zero-order valence-corrected chi connectivity index (χ0v) is 18.5. The van der Waals surface area contributed by atoms with Crippen molar-refractivity contribution in [1.29, 1.82) is 5.26 Å². The fraction of sp³-hybridized carbons (Fsp3) is 0.333. The molecule has 5 nitrogen and oxygen atoms in total. The van der Waals surface area contributed by atoms with Crippen molar-refractivity contribution in [3.63, 3.8) is 0 Å². The van der Waals surface area contributed by atoms with E-state index in [-0.39, 0.29) is 36.3 Å². The molecule has 0 saturated carbocycles. The van der Waals surface area contributed by atoms with Crippen LogP contribution < -0.4 is 15.4 Å². The number of nitriles is 1. The Morgan fingerprint density at radius 1 is 1.14 bits per heavy atom. The second kappa shape index (κ2) is 12.9. The van der Waals surface area contributed by atoms with Crippen LogP contribution in [0.4, 0.5) is 4.39 Å². The lowest BCUT2D eigenvalue weighted by Gasteiger charge is -2.12. The summed E-state index contributed by atoms with van der Waals surface area (Å²) in [6, 6.07) is 14.4. The lowest BCUT2D eigenvalue weighted by molar-refractivity contribution is 0.414. The number of nitrogens with one attached hydrogen (secondary N) is 2. The van der Waals surface area contributed by atoms with E-state index in [0.717, 1.165) is 31.6 Å². The van der Waals surface area contributed by atoms with Gasteiger partial charge in [-0.3, -0.25) is 4.99 Å². The van der Waals surface area contributed by atoms with E-state index in [1.54, 1.807) is 20.2 Å². The highest BCUT2D eigenvalue weighted by atomic mass is 127. The Labute approximate surface area is 183 Å². The van der Waals surface area contributed by atoms with Crippen LogP contribution in [0.2, 0.25) is 0 Å². The molecule has 0 spiro atoms. The molecule has 0 radical (unpaired) electrons. The molecule has 0 bridgehead atoms. The van der Waals surface area contributed by atoms with E-state index in [2.05, 4.69) is 27.8 Å². The van der Waals surface area contributed by atoms with Gasteiger partial charge in [-0.15, -0.1) is 24.0 Å². The predicted octanol–water partition coefficient (Wildman–Crippen LogP) is 4.01. The van der Waals surface area contributed by atoms with Gasteiger partial charge in [-0.2, -0.15) is 5.26 Å². The third-order valence-electron chi connectivity index (χ3n) is 4.19. The standard InChI is InChI=1S/C21H25FN4O.HI/c1-24-21(26-15-18-13-17(14-23)8-11-20(18)22)25-12-4-3-5-16-6-9-19(27-2)10-7-16;/h6-11,13H,3-5,12,15H2,1-2H3,(H2,24,25,26);1H. The molecule has 2 rings (SSSR count). The smallest absolute Gasteiger partial charge is 0.191 e. The molecule has 7 heteroatoms. The van der Waals surface area contributed by atoms with Crippen molar-refractivity contribution in [2.24, 2.45) is 4.99 Å². The lowest BCUT2D eigenvalue weighted by Crippen LogP contribution is -2.37. The maximum absolute atomic E-state index is 13.8. The Hall–Kier alpha value is -2.34. The van der Waals surface area contributed by atoms with Crippen LogP contribution in [0.15, 0.2) is 47.5 Å². The van der Waals surface area contributed by atoms with Gasteiger partial charge >= 0.3 is 0 Å². The van der Waals surface area contributed by atoms with Crippen molar-refractivity contribution in [2.75, 3.05) is 20.7 Å². The van der Waals surface area contributed by atoms with Crippen LogP contribution in [0.25, 0.3) is 0 Å². The molecule has 0 amide bonds. The number of rotatable bonds is 8. The Morgan fingerprint density at radius 2 is 1.89 bits per heavy atom. The van der Waals surface area contributed by atoms with Gasteiger partial charge in [0.15, 0.2) is 5.96 Å². The molecule has 0 aromatic heterocycles. The van der Waals surface area contributed by atoms with Gasteiger partial charge in [0.25, 0.3) is 0 Å². The van der Waals surface area contributed by atoms with Crippen molar-refractivity contribution in [2.45, 2.75) is 25.8 Å². The molecule has 0 aliphatic heterocycles. The molecule has 0 aliphatic carbocycles. The molecule has 0 fully saturated rings. The minimum Gasteiger partial charge on any atom is -0.497 e. The summed E-state index contributed by atoms with van der Waals surface area (Å²) >= 11 is 0. The molecular weight excluding hydrogens is 470 g/mol. The van der Waals surface area contributed by atoms with Crippen molar-refractivity contribution in [3.05, 3.63) is 65.0 Å². The molecule has 0 saturated heterocycles. The van der Waals surface area contributed by atoms with Crippen molar-refractivity contribution < 1.29 is 9.13 Å². The number of methoxy groups -OCH3 is 1. The minimum absolute atomic E-state index is 0. The average Bonchev–Trinajstić information content (AvgIpc) is 2.71. The maximum atomic E-state index is 13.8. The third kappa shape index (κ3) is 7.72. The van der Waals surface area contributed by atoms with Crippen LogP contribution in [0.3, 0.4) is 0 Å². The summed E-state index contributed by atoms with van der Waals surface area (Å²) in [7, 11) is 3.34. The zero-order chi connectivity index (χ0) is 19.5. The molecular formula is C21H26FIN4O. The topological polar surface area (TPSA) is 69.4 Å². The van der Waals surface area contributed by atoms with E-state index in [0.29, 0.717) is 17.1 Å². The first-order valence-corrected chi connectivity index (χ1v) is 8.92. The first-order chi connectivity index (χ1) is 13.2. The van der Waals surface area contributed by atoms with Crippen molar-refractivity contribution in [1.82, 2.24) is 10.6 Å². The second-order valence-electron chi connectivity index (χ2n) is 6.08. The van der Waals surface area contributed by atoms with Crippen LogP contribution in [0.1, 0.15) is 29.5 Å². The van der Waals surface area contributed by atoms with Crippen molar-refractivity contribution >= 4 is 29.9 Å². The summed E-state index contributed by atoms with van der Waals surface area (Å²) in [5.74, 6) is 1.14. The summed E-state index contributed by atoms with van der Waals surface area (Å²) in [6.07, 6.45) is 3.05. The molecule has 2 aromatic rings. The summed E-state index contributed by atoms with van der Waals surface area (Å²) in [5.41, 5.74) is 2.16. The number of hydrogen-bond acceptors (Lipinski definition) is 3. The van der Waals surface area contributed by atoms with E-state index in [9.17, 15) is 4.39 Å². The molecule has 0 unspecified atom stereocenters. The first kappa shape index (κ1) is 23.7. The lowest BCUT2D eigenvalue weighted by atomic mass is 10.1. The van der Waals surface area contributed by atoms with Gasteiger partial charge in [0.2, 0.25) is 0 Å². The highest BCUT2D eigenvalue weighted by molar-refractivity contribution is 14.0. The molecule has 28 heavy (non-hydrogen) atoms. The van der Waals surface area contributed by atoms with Crippen LogP contribution in [0.5, 0.6) is 5.75 Å². The quantitative estimate of drug-likeness (QED) is 0.251. The molecule has 0 aliphatic rings. The van der Waals surface area contributed by atoms with Crippen LogP contribution in [-0.4, -0.2) is 26.7 Å². The summed E-state index contributed by atoms with van der Waals surface area (Å²) in [6.45, 7) is 1.05. The van der Waals surface area contributed by atoms with Crippen molar-refractivity contribution in [3.8, 4) is 11.8 Å². The van der Waals surface area contributed by atoms with Crippen LogP contribution in [0, 0.1) is 17.1 Å². The summed E-state index contributed by atoms with van der Waals surface area (Å²) in [5, 5.41) is 15.2. The Balaban J connectivity index is 0.00000392. The predicted molar refractivity (Wildman–Crippen MR) is 121 cm³/mol. The Bertz CT molecular complexity index is 803. The second-order valence-corrected chi connectivity index (χ2v) is 6.08. The minimum atomic E-state index is -0.337. The van der Waals surface area contributed by atoms with Gasteiger partial charge in [0.05, 0.1) is 18.7 Å². The fourth-order valence-electron chi connectivity index (χ4n) is 2.63. The van der Waals surface area contributed by atoms with Gasteiger partial charge in [0, 0.05) is 25.7 Å². The van der Waals surface area contributed by atoms with E-state index in [4.69, 9.17) is 10.00 Å². The largest absolute Gasteiger partial charge is 0.497 e. The SMILES string of the molecule is CN=C(NCCCCc1ccc(OC)cc1)NCc1cc(C#N)ccc1F.I. The molecule has 2 N–H and O–H groups in total. The van der Waals surface area contributed by atoms with Gasteiger partial charge in [0.1, 0.15) is 11.6 Å². The Morgan fingerprint density at radius 3 is 2.54 bits per heavy atom. The number of aliphatic imine (C=N–C) groups is 1. The third-order valence-corrected chi connectivity index (χ3v) is 4.19. The van der Waals surface area contributed by atoms with E-state index < -0.39 is 0 Å².